The maximum absolute atomic E-state index is 5.97. The fourth-order valence-electron chi connectivity index (χ4n) is 4.55. The van der Waals surface area contributed by atoms with Crippen molar-refractivity contribution in [3.8, 4) is 0 Å². The Labute approximate surface area is 175 Å². The molecule has 2 unspecified atom stereocenters. The normalized spacial score (nSPS) is 28.8. The molecule has 0 aromatic heterocycles. The summed E-state index contributed by atoms with van der Waals surface area (Å²) in [5, 5.41) is 3.67. The third-order valence-electron chi connectivity index (χ3n) is 6.11. The molecule has 1 saturated carbocycles. The predicted octanol–water partition coefficient (Wildman–Crippen LogP) is 2.66. The molecular weight excluding hydrogens is 445 g/mol. The summed E-state index contributed by atoms with van der Waals surface area (Å²) in [7, 11) is 3.68. The summed E-state index contributed by atoms with van der Waals surface area (Å²) in [5.74, 6) is 1.01. The van der Waals surface area contributed by atoms with Crippen LogP contribution >= 0.6 is 24.0 Å². The molecule has 2 atom stereocenters. The van der Waals surface area contributed by atoms with Crippen molar-refractivity contribution in [1.29, 1.82) is 0 Å². The second-order valence-corrected chi connectivity index (χ2v) is 7.76. The standard InChI is InChI=1S/C19H35N3O3.HI/c1-20-18(21-15-19(9-12-23-2)7-3-4-8-19)22-10-13-25-17(14-22)16-6-5-11-24-16;/h16-17H,3-15H2,1-2H3,(H,20,21);1H. The maximum atomic E-state index is 5.97. The van der Waals surface area contributed by atoms with Gasteiger partial charge in [-0.25, -0.2) is 0 Å². The molecule has 1 N–H and O–H groups in total. The minimum Gasteiger partial charge on any atom is -0.385 e. The highest BCUT2D eigenvalue weighted by molar-refractivity contribution is 14.0. The van der Waals surface area contributed by atoms with E-state index in [0.717, 1.165) is 64.7 Å². The molecule has 2 saturated heterocycles. The first-order chi connectivity index (χ1) is 12.3. The highest BCUT2D eigenvalue weighted by Crippen LogP contribution is 2.40. The smallest absolute Gasteiger partial charge is 0.193 e. The van der Waals surface area contributed by atoms with Crippen LogP contribution in [0.1, 0.15) is 44.9 Å². The summed E-state index contributed by atoms with van der Waals surface area (Å²) in [4.78, 5) is 6.89. The number of aliphatic imine (C=N–C) groups is 1. The van der Waals surface area contributed by atoms with Gasteiger partial charge < -0.3 is 24.4 Å². The third-order valence-corrected chi connectivity index (χ3v) is 6.11. The number of rotatable bonds is 6. The largest absolute Gasteiger partial charge is 0.385 e. The summed E-state index contributed by atoms with van der Waals surface area (Å²) in [6, 6.07) is 0. The van der Waals surface area contributed by atoms with Crippen LogP contribution in [-0.4, -0.2) is 76.7 Å². The highest BCUT2D eigenvalue weighted by atomic mass is 127. The molecule has 3 fully saturated rings. The zero-order chi connectivity index (χ0) is 17.5. The molecule has 7 heteroatoms. The number of ether oxygens (including phenoxy) is 3. The Balaban J connectivity index is 0.00000243. The van der Waals surface area contributed by atoms with Crippen molar-refractivity contribution in [2.24, 2.45) is 10.4 Å². The van der Waals surface area contributed by atoms with Crippen molar-refractivity contribution in [2.45, 2.75) is 57.2 Å². The number of morpholine rings is 1. The number of nitrogens with zero attached hydrogens (tertiary/aromatic N) is 2. The lowest BCUT2D eigenvalue weighted by Gasteiger charge is -2.38. The fraction of sp³-hybridized carbons (Fsp3) is 0.947. The molecular formula is C19H36IN3O3. The summed E-state index contributed by atoms with van der Waals surface area (Å²) < 4.78 is 17.2. The predicted molar refractivity (Wildman–Crippen MR) is 114 cm³/mol. The fourth-order valence-corrected chi connectivity index (χ4v) is 4.55. The van der Waals surface area contributed by atoms with Gasteiger partial charge in [-0.2, -0.15) is 0 Å². The van der Waals surface area contributed by atoms with E-state index in [0.29, 0.717) is 5.41 Å². The number of hydrogen-bond acceptors (Lipinski definition) is 4. The molecule has 2 aliphatic heterocycles. The van der Waals surface area contributed by atoms with Crippen molar-refractivity contribution in [1.82, 2.24) is 10.2 Å². The average molecular weight is 481 g/mol. The average Bonchev–Trinajstić information content (AvgIpc) is 3.34. The zero-order valence-electron chi connectivity index (χ0n) is 16.4. The summed E-state index contributed by atoms with van der Waals surface area (Å²) in [5.41, 5.74) is 0.367. The van der Waals surface area contributed by atoms with Gasteiger partial charge in [0, 0.05) is 47.0 Å². The van der Waals surface area contributed by atoms with Crippen LogP contribution in [0.4, 0.5) is 0 Å². The zero-order valence-corrected chi connectivity index (χ0v) is 18.7. The van der Waals surface area contributed by atoms with Gasteiger partial charge in [0.2, 0.25) is 0 Å². The van der Waals surface area contributed by atoms with E-state index < -0.39 is 0 Å². The number of nitrogens with one attached hydrogen (secondary N) is 1. The van der Waals surface area contributed by atoms with E-state index in [1.54, 1.807) is 7.11 Å². The summed E-state index contributed by atoms with van der Waals surface area (Å²) in [6.07, 6.45) is 9.08. The Morgan fingerprint density at radius 2 is 1.96 bits per heavy atom. The lowest BCUT2D eigenvalue weighted by Crippen LogP contribution is -2.54. The summed E-state index contributed by atoms with van der Waals surface area (Å²) >= 11 is 0. The SMILES string of the molecule is CN=C(NCC1(CCOC)CCCC1)N1CCOC(C2CCCO2)C1.I. The monoisotopic (exact) mass is 481 g/mol. The second-order valence-electron chi connectivity index (χ2n) is 7.76. The Morgan fingerprint density at radius 3 is 2.62 bits per heavy atom. The Morgan fingerprint density at radius 1 is 1.19 bits per heavy atom. The van der Waals surface area contributed by atoms with Gasteiger partial charge in [-0.1, -0.05) is 12.8 Å². The number of halogens is 1. The van der Waals surface area contributed by atoms with Crippen LogP contribution in [0.3, 0.4) is 0 Å². The topological polar surface area (TPSA) is 55.3 Å². The molecule has 152 valence electrons. The molecule has 6 nitrogen and oxygen atoms in total. The molecule has 1 aliphatic carbocycles. The van der Waals surface area contributed by atoms with Gasteiger partial charge >= 0.3 is 0 Å². The van der Waals surface area contributed by atoms with Crippen LogP contribution in [0.25, 0.3) is 0 Å². The first-order valence-corrected chi connectivity index (χ1v) is 9.94. The lowest BCUT2D eigenvalue weighted by atomic mass is 9.83. The van der Waals surface area contributed by atoms with Gasteiger partial charge in [0.25, 0.3) is 0 Å². The minimum atomic E-state index is 0. The van der Waals surface area contributed by atoms with E-state index in [1.165, 1.54) is 25.7 Å². The van der Waals surface area contributed by atoms with Crippen LogP contribution in [0.15, 0.2) is 4.99 Å². The number of hydrogen-bond donors (Lipinski definition) is 1. The molecule has 3 aliphatic rings. The van der Waals surface area contributed by atoms with E-state index in [-0.39, 0.29) is 36.2 Å². The van der Waals surface area contributed by atoms with Crippen molar-refractivity contribution < 1.29 is 14.2 Å². The van der Waals surface area contributed by atoms with Crippen molar-refractivity contribution in [2.75, 3.05) is 53.6 Å². The first-order valence-electron chi connectivity index (χ1n) is 9.94. The van der Waals surface area contributed by atoms with E-state index in [9.17, 15) is 0 Å². The van der Waals surface area contributed by atoms with Gasteiger partial charge in [-0.15, -0.1) is 24.0 Å². The van der Waals surface area contributed by atoms with Gasteiger partial charge in [0.15, 0.2) is 5.96 Å². The van der Waals surface area contributed by atoms with Crippen LogP contribution in [0, 0.1) is 5.41 Å². The molecule has 0 aromatic carbocycles. The van der Waals surface area contributed by atoms with Gasteiger partial charge in [-0.3, -0.25) is 4.99 Å². The Hall–Kier alpha value is -0.120. The highest BCUT2D eigenvalue weighted by Gasteiger charge is 2.35. The first kappa shape index (κ1) is 22.2. The minimum absolute atomic E-state index is 0. The van der Waals surface area contributed by atoms with Gasteiger partial charge in [0.1, 0.15) is 6.10 Å². The van der Waals surface area contributed by atoms with Gasteiger partial charge in [0.05, 0.1) is 12.7 Å². The van der Waals surface area contributed by atoms with Crippen molar-refractivity contribution in [3.05, 3.63) is 0 Å². The van der Waals surface area contributed by atoms with Gasteiger partial charge in [-0.05, 0) is 37.5 Å². The van der Waals surface area contributed by atoms with E-state index in [4.69, 9.17) is 14.2 Å². The van der Waals surface area contributed by atoms with Crippen molar-refractivity contribution in [3.63, 3.8) is 0 Å². The molecule has 0 amide bonds. The maximum Gasteiger partial charge on any atom is 0.193 e. The Bertz CT molecular complexity index is 438. The van der Waals surface area contributed by atoms with Crippen LogP contribution < -0.4 is 5.32 Å². The third kappa shape index (κ3) is 5.69. The molecule has 3 rings (SSSR count). The molecule has 2 heterocycles. The lowest BCUT2D eigenvalue weighted by molar-refractivity contribution is -0.0817. The number of methoxy groups -OCH3 is 1. The number of guanidine groups is 1. The molecule has 0 spiro atoms. The second kappa shape index (κ2) is 11.0. The van der Waals surface area contributed by atoms with E-state index in [2.05, 4.69) is 15.2 Å². The molecule has 0 aromatic rings. The van der Waals surface area contributed by atoms with Crippen LogP contribution in [-0.2, 0) is 14.2 Å². The summed E-state index contributed by atoms with van der Waals surface area (Å²) in [6.45, 7) is 5.23. The van der Waals surface area contributed by atoms with Crippen LogP contribution in [0.2, 0.25) is 0 Å². The van der Waals surface area contributed by atoms with E-state index in [1.807, 2.05) is 7.05 Å². The molecule has 0 bridgehead atoms. The van der Waals surface area contributed by atoms with Crippen LogP contribution in [0.5, 0.6) is 0 Å². The van der Waals surface area contributed by atoms with Crippen molar-refractivity contribution >= 4 is 29.9 Å². The van der Waals surface area contributed by atoms with E-state index >= 15 is 0 Å². The molecule has 0 radical (unpaired) electrons. The Kier molecular flexibility index (Phi) is 9.40. The molecule has 26 heavy (non-hydrogen) atoms. The quantitative estimate of drug-likeness (QED) is 0.359.